The Hall–Kier alpha value is -2.49. The Balaban J connectivity index is 1.08. The first kappa shape index (κ1) is 24.8. The summed E-state index contributed by atoms with van der Waals surface area (Å²) in [5, 5.41) is 6.12. The number of benzene rings is 1. The van der Waals surface area contributed by atoms with E-state index < -0.39 is 0 Å². The molecule has 6 rings (SSSR count). The van der Waals surface area contributed by atoms with Crippen LogP contribution in [0.5, 0.6) is 0 Å². The van der Waals surface area contributed by atoms with Gasteiger partial charge in [0, 0.05) is 33.6 Å². The van der Waals surface area contributed by atoms with E-state index in [1.807, 2.05) is 30.3 Å². The highest BCUT2D eigenvalue weighted by atomic mass is 127. The molecule has 3 saturated carbocycles. The summed E-state index contributed by atoms with van der Waals surface area (Å²) in [6.45, 7) is 0. The molecule has 3 aliphatic rings. The van der Waals surface area contributed by atoms with Crippen molar-refractivity contribution >= 4 is 56.9 Å². The van der Waals surface area contributed by atoms with Crippen LogP contribution in [-0.4, -0.2) is 31.2 Å². The molecule has 0 aliphatic heterocycles. The first-order chi connectivity index (χ1) is 18.1. The van der Waals surface area contributed by atoms with Gasteiger partial charge in [-0.2, -0.15) is 0 Å². The molecule has 37 heavy (non-hydrogen) atoms. The van der Waals surface area contributed by atoms with Gasteiger partial charge in [0.05, 0.1) is 17.2 Å². The van der Waals surface area contributed by atoms with E-state index in [1.165, 1.54) is 23.7 Å². The van der Waals surface area contributed by atoms with Crippen LogP contribution in [0.1, 0.15) is 57.8 Å². The quantitative estimate of drug-likeness (QED) is 0.217. The minimum absolute atomic E-state index is 0.0629. The van der Waals surface area contributed by atoms with Crippen LogP contribution in [0, 0.1) is 29.6 Å². The monoisotopic (exact) mass is 611 g/mol. The summed E-state index contributed by atoms with van der Waals surface area (Å²) in [6, 6.07) is 9.64. The van der Waals surface area contributed by atoms with Crippen molar-refractivity contribution in [1.29, 1.82) is 0 Å². The van der Waals surface area contributed by atoms with Crippen molar-refractivity contribution in [1.82, 2.24) is 15.0 Å². The van der Waals surface area contributed by atoms with Crippen LogP contribution in [0.15, 0.2) is 36.5 Å². The minimum atomic E-state index is 0.0629. The zero-order valence-corrected chi connectivity index (χ0v) is 23.2. The standard InChI is InChI=1S/C29H34IN5O2/c30-15-17-1-3-20(4-2-17)28(36)35-26-14-24-25(16-31-26)34-27(33-24)19-9-11-23(12-10-19)32-29(37)22-8-6-18-5-7-21(18)13-22/h9-12,14,16-18,20-22H,1-8,13,15H2,(H,32,37)(H,33,34)(H,31,35,36). The third-order valence-corrected chi connectivity index (χ3v) is 10.1. The number of imidazole rings is 1. The Bertz CT molecular complexity index is 1280. The van der Waals surface area contributed by atoms with Crippen molar-refractivity contribution in [2.45, 2.75) is 57.8 Å². The molecule has 3 fully saturated rings. The van der Waals surface area contributed by atoms with Crippen LogP contribution in [0.2, 0.25) is 0 Å². The van der Waals surface area contributed by atoms with E-state index in [0.29, 0.717) is 5.82 Å². The lowest BCUT2D eigenvalue weighted by Crippen LogP contribution is -2.37. The van der Waals surface area contributed by atoms with Crippen molar-refractivity contribution in [2.75, 3.05) is 15.1 Å². The van der Waals surface area contributed by atoms with E-state index in [0.717, 1.165) is 84.4 Å². The molecule has 3 atom stereocenters. The normalized spacial score (nSPS) is 27.2. The Morgan fingerprint density at radius 3 is 2.30 bits per heavy atom. The van der Waals surface area contributed by atoms with Crippen LogP contribution in [0.25, 0.3) is 22.4 Å². The maximum Gasteiger partial charge on any atom is 0.228 e. The molecule has 3 aromatic rings. The molecule has 8 heteroatoms. The maximum atomic E-state index is 12.8. The number of nitrogens with one attached hydrogen (secondary N) is 3. The summed E-state index contributed by atoms with van der Waals surface area (Å²) in [5.41, 5.74) is 3.33. The maximum absolute atomic E-state index is 12.8. The van der Waals surface area contributed by atoms with Crippen molar-refractivity contribution in [2.24, 2.45) is 29.6 Å². The highest BCUT2D eigenvalue weighted by molar-refractivity contribution is 14.1. The van der Waals surface area contributed by atoms with Crippen molar-refractivity contribution in [3.8, 4) is 11.4 Å². The first-order valence-corrected chi connectivity index (χ1v) is 15.2. The summed E-state index contributed by atoms with van der Waals surface area (Å²) in [7, 11) is 0. The number of anilines is 2. The number of H-pyrrole nitrogens is 1. The molecule has 1 aromatic carbocycles. The second-order valence-corrected chi connectivity index (χ2v) is 12.1. The van der Waals surface area contributed by atoms with Crippen molar-refractivity contribution < 1.29 is 9.59 Å². The highest BCUT2D eigenvalue weighted by Gasteiger charge is 2.38. The Labute approximate surface area is 231 Å². The van der Waals surface area contributed by atoms with Crippen molar-refractivity contribution in [3.63, 3.8) is 0 Å². The van der Waals surface area contributed by atoms with Gasteiger partial charge in [0.2, 0.25) is 11.8 Å². The molecule has 3 aliphatic carbocycles. The van der Waals surface area contributed by atoms with E-state index in [2.05, 4.69) is 43.2 Å². The highest BCUT2D eigenvalue weighted by Crippen LogP contribution is 2.47. The topological polar surface area (TPSA) is 99.8 Å². The Kier molecular flexibility index (Phi) is 7.18. The molecule has 3 unspecified atom stereocenters. The fourth-order valence-electron chi connectivity index (χ4n) is 6.34. The number of alkyl halides is 1. The molecule has 2 heterocycles. The first-order valence-electron chi connectivity index (χ1n) is 13.7. The number of rotatable bonds is 6. The number of fused-ring (bicyclic) bond motifs is 2. The third kappa shape index (κ3) is 5.40. The Morgan fingerprint density at radius 1 is 0.892 bits per heavy atom. The fraction of sp³-hybridized carbons (Fsp3) is 0.517. The second kappa shape index (κ2) is 10.7. The average molecular weight is 612 g/mol. The molecule has 0 spiro atoms. The number of aromatic nitrogens is 3. The van der Waals surface area contributed by atoms with Gasteiger partial charge in [-0.3, -0.25) is 9.59 Å². The fourth-order valence-corrected chi connectivity index (χ4v) is 7.22. The zero-order chi connectivity index (χ0) is 25.4. The predicted molar refractivity (Wildman–Crippen MR) is 154 cm³/mol. The van der Waals surface area contributed by atoms with Gasteiger partial charge in [-0.25, -0.2) is 9.97 Å². The summed E-state index contributed by atoms with van der Waals surface area (Å²) < 4.78 is 1.17. The summed E-state index contributed by atoms with van der Waals surface area (Å²) in [6.07, 6.45) is 11.8. The molecule has 0 saturated heterocycles. The number of hydrogen-bond donors (Lipinski definition) is 3. The SMILES string of the molecule is O=C(Nc1ccc(-c2nc3cc(NC(=O)C4CCC(CI)CC4)ncc3[nH]2)cc1)C1CCC2CCC2C1. The molecular formula is C29H34IN5O2. The largest absolute Gasteiger partial charge is 0.337 e. The summed E-state index contributed by atoms with van der Waals surface area (Å²) in [4.78, 5) is 38.0. The number of halogens is 1. The average Bonchev–Trinajstić information content (AvgIpc) is 3.33. The lowest BCUT2D eigenvalue weighted by atomic mass is 9.62. The van der Waals surface area contributed by atoms with Crippen LogP contribution in [0.4, 0.5) is 11.5 Å². The van der Waals surface area contributed by atoms with Gasteiger partial charge in [-0.15, -0.1) is 0 Å². The van der Waals surface area contributed by atoms with Gasteiger partial charge in [-0.1, -0.05) is 22.6 Å². The van der Waals surface area contributed by atoms with Gasteiger partial charge in [0.1, 0.15) is 11.6 Å². The summed E-state index contributed by atoms with van der Waals surface area (Å²) in [5.74, 6) is 4.10. The van der Waals surface area contributed by atoms with E-state index in [4.69, 9.17) is 4.98 Å². The summed E-state index contributed by atoms with van der Waals surface area (Å²) >= 11 is 2.44. The zero-order valence-electron chi connectivity index (χ0n) is 21.0. The molecule has 2 aromatic heterocycles. The van der Waals surface area contributed by atoms with Gasteiger partial charge < -0.3 is 15.6 Å². The lowest BCUT2D eigenvalue weighted by molar-refractivity contribution is -0.123. The van der Waals surface area contributed by atoms with Gasteiger partial charge in [0.25, 0.3) is 0 Å². The predicted octanol–water partition coefficient (Wildman–Crippen LogP) is 6.57. The van der Waals surface area contributed by atoms with E-state index in [1.54, 1.807) is 6.20 Å². The molecule has 0 radical (unpaired) electrons. The second-order valence-electron chi connectivity index (χ2n) is 11.2. The third-order valence-electron chi connectivity index (χ3n) is 8.90. The number of carbonyl (C=O) groups is 2. The number of hydrogen-bond acceptors (Lipinski definition) is 4. The van der Waals surface area contributed by atoms with Crippen LogP contribution < -0.4 is 10.6 Å². The van der Waals surface area contributed by atoms with E-state index in [-0.39, 0.29) is 23.7 Å². The molecule has 2 amide bonds. The number of pyridine rings is 1. The van der Waals surface area contributed by atoms with Crippen molar-refractivity contribution in [3.05, 3.63) is 36.5 Å². The number of carbonyl (C=O) groups excluding carboxylic acids is 2. The van der Waals surface area contributed by atoms with Gasteiger partial charge in [0.15, 0.2) is 0 Å². The lowest BCUT2D eigenvalue weighted by Gasteiger charge is -2.43. The molecule has 194 valence electrons. The van der Waals surface area contributed by atoms with E-state index in [9.17, 15) is 9.59 Å². The van der Waals surface area contributed by atoms with Crippen LogP contribution in [0.3, 0.4) is 0 Å². The van der Waals surface area contributed by atoms with Gasteiger partial charge in [-0.05, 0) is 99.8 Å². The minimum Gasteiger partial charge on any atom is -0.337 e. The molecular weight excluding hydrogens is 577 g/mol. The smallest absolute Gasteiger partial charge is 0.228 e. The molecule has 3 N–H and O–H groups in total. The van der Waals surface area contributed by atoms with E-state index >= 15 is 0 Å². The van der Waals surface area contributed by atoms with Crippen LogP contribution in [-0.2, 0) is 9.59 Å². The number of nitrogens with zero attached hydrogens (tertiary/aromatic N) is 2. The molecule has 0 bridgehead atoms. The Morgan fingerprint density at radius 2 is 1.59 bits per heavy atom. The molecule has 7 nitrogen and oxygen atoms in total. The number of aromatic amines is 1. The number of amides is 2. The van der Waals surface area contributed by atoms with Gasteiger partial charge >= 0.3 is 0 Å². The van der Waals surface area contributed by atoms with Crippen LogP contribution >= 0.6 is 22.6 Å².